The summed E-state index contributed by atoms with van der Waals surface area (Å²) in [7, 11) is 0. The minimum atomic E-state index is 0.551. The monoisotopic (exact) mass is 204 g/mol. The van der Waals surface area contributed by atoms with Crippen molar-refractivity contribution in [1.29, 1.82) is 5.26 Å². The summed E-state index contributed by atoms with van der Waals surface area (Å²) in [4.78, 5) is 2.38. The summed E-state index contributed by atoms with van der Waals surface area (Å²) < 4.78 is 0. The zero-order chi connectivity index (χ0) is 11.1. The molecule has 1 rings (SSSR count). The molecule has 82 valence electrons. The van der Waals surface area contributed by atoms with Crippen LogP contribution in [-0.2, 0) is 0 Å². The third-order valence-corrected chi connectivity index (χ3v) is 3.17. The summed E-state index contributed by atoms with van der Waals surface area (Å²) >= 11 is 0. The molecule has 0 radical (unpaired) electrons. The standard InChI is InChI=1S/C13H20N2/c1-3-10-15(11-4-2)13-7-5-6-12(13)8-9-14/h3-4,12-13H,1-2,5-8,10-11H2/t12-,13-/m0/s1. The molecule has 1 aliphatic rings. The number of nitrogens with zero attached hydrogens (tertiary/aromatic N) is 2. The highest BCUT2D eigenvalue weighted by molar-refractivity contribution is 4.94. The van der Waals surface area contributed by atoms with Gasteiger partial charge >= 0.3 is 0 Å². The van der Waals surface area contributed by atoms with Gasteiger partial charge < -0.3 is 0 Å². The molecule has 2 nitrogen and oxygen atoms in total. The van der Waals surface area contributed by atoms with E-state index < -0.39 is 0 Å². The van der Waals surface area contributed by atoms with Gasteiger partial charge in [-0.1, -0.05) is 18.6 Å². The molecule has 0 aromatic carbocycles. The highest BCUT2D eigenvalue weighted by atomic mass is 15.2. The summed E-state index contributed by atoms with van der Waals surface area (Å²) in [5.41, 5.74) is 0. The zero-order valence-electron chi connectivity index (χ0n) is 9.36. The predicted molar refractivity (Wildman–Crippen MR) is 63.3 cm³/mol. The van der Waals surface area contributed by atoms with Crippen molar-refractivity contribution in [2.45, 2.75) is 31.7 Å². The van der Waals surface area contributed by atoms with Crippen molar-refractivity contribution in [2.24, 2.45) is 5.92 Å². The summed E-state index contributed by atoms with van der Waals surface area (Å²) in [6, 6.07) is 2.86. The maximum absolute atomic E-state index is 8.78. The number of nitriles is 1. The molecule has 1 saturated carbocycles. The Morgan fingerprint density at radius 2 is 1.93 bits per heavy atom. The molecule has 0 heterocycles. The number of rotatable bonds is 6. The average molecular weight is 204 g/mol. The van der Waals surface area contributed by atoms with Crippen molar-refractivity contribution in [3.05, 3.63) is 25.3 Å². The third kappa shape index (κ3) is 3.21. The van der Waals surface area contributed by atoms with Crippen molar-refractivity contribution >= 4 is 0 Å². The third-order valence-electron chi connectivity index (χ3n) is 3.17. The normalized spacial score (nSPS) is 25.1. The van der Waals surface area contributed by atoms with Crippen LogP contribution in [-0.4, -0.2) is 24.0 Å². The molecule has 2 atom stereocenters. The Hall–Kier alpha value is -1.07. The van der Waals surface area contributed by atoms with Crippen LogP contribution in [0.1, 0.15) is 25.7 Å². The van der Waals surface area contributed by atoms with E-state index in [4.69, 9.17) is 5.26 Å². The van der Waals surface area contributed by atoms with Gasteiger partial charge in [0, 0.05) is 25.6 Å². The predicted octanol–water partition coefficient (Wildman–Crippen LogP) is 2.74. The van der Waals surface area contributed by atoms with Gasteiger partial charge in [0.1, 0.15) is 0 Å². The average Bonchev–Trinajstić information content (AvgIpc) is 2.66. The van der Waals surface area contributed by atoms with Crippen LogP contribution in [0.4, 0.5) is 0 Å². The molecule has 0 amide bonds. The minimum Gasteiger partial charge on any atom is -0.293 e. The molecule has 15 heavy (non-hydrogen) atoms. The van der Waals surface area contributed by atoms with Gasteiger partial charge in [0.05, 0.1) is 6.07 Å². The van der Waals surface area contributed by atoms with E-state index in [0.29, 0.717) is 18.4 Å². The first-order valence-electron chi connectivity index (χ1n) is 5.66. The first-order chi connectivity index (χ1) is 7.33. The van der Waals surface area contributed by atoms with Crippen LogP contribution in [0.2, 0.25) is 0 Å². The van der Waals surface area contributed by atoms with Crippen LogP contribution in [0.5, 0.6) is 0 Å². The van der Waals surface area contributed by atoms with Gasteiger partial charge in [-0.15, -0.1) is 13.2 Å². The molecule has 2 heteroatoms. The smallest absolute Gasteiger partial charge is 0.0625 e. The Morgan fingerprint density at radius 1 is 1.27 bits per heavy atom. The van der Waals surface area contributed by atoms with Crippen LogP contribution in [0, 0.1) is 17.2 Å². The van der Waals surface area contributed by atoms with Crippen molar-refractivity contribution in [1.82, 2.24) is 4.90 Å². The summed E-state index contributed by atoms with van der Waals surface area (Å²) in [6.45, 7) is 9.37. The maximum atomic E-state index is 8.78. The van der Waals surface area contributed by atoms with Crippen LogP contribution in [0.25, 0.3) is 0 Å². The van der Waals surface area contributed by atoms with E-state index in [9.17, 15) is 0 Å². The molecule has 0 aromatic rings. The maximum Gasteiger partial charge on any atom is 0.0625 e. The van der Waals surface area contributed by atoms with E-state index in [-0.39, 0.29) is 0 Å². The summed E-state index contributed by atoms with van der Waals surface area (Å²) in [5, 5.41) is 8.78. The lowest BCUT2D eigenvalue weighted by atomic mass is 9.99. The first kappa shape index (κ1) is 12.0. The van der Waals surface area contributed by atoms with E-state index in [1.807, 2.05) is 12.2 Å². The van der Waals surface area contributed by atoms with E-state index in [0.717, 1.165) is 13.1 Å². The van der Waals surface area contributed by atoms with E-state index in [1.54, 1.807) is 0 Å². The number of hydrogen-bond acceptors (Lipinski definition) is 2. The van der Waals surface area contributed by atoms with Crippen LogP contribution < -0.4 is 0 Å². The molecular weight excluding hydrogens is 184 g/mol. The first-order valence-corrected chi connectivity index (χ1v) is 5.66. The van der Waals surface area contributed by atoms with Gasteiger partial charge in [-0.2, -0.15) is 5.26 Å². The van der Waals surface area contributed by atoms with Crippen molar-refractivity contribution in [2.75, 3.05) is 13.1 Å². The minimum absolute atomic E-state index is 0.551. The van der Waals surface area contributed by atoms with E-state index >= 15 is 0 Å². The second-order valence-electron chi connectivity index (χ2n) is 4.15. The van der Waals surface area contributed by atoms with Gasteiger partial charge in [-0.25, -0.2) is 0 Å². The highest BCUT2D eigenvalue weighted by Gasteiger charge is 2.30. The summed E-state index contributed by atoms with van der Waals surface area (Å²) in [6.07, 6.45) is 8.23. The van der Waals surface area contributed by atoms with E-state index in [1.165, 1.54) is 19.3 Å². The Labute approximate surface area is 92.9 Å². The molecule has 1 fully saturated rings. The molecule has 0 aromatic heterocycles. The van der Waals surface area contributed by atoms with Crippen LogP contribution in [0.15, 0.2) is 25.3 Å². The van der Waals surface area contributed by atoms with Gasteiger partial charge in [-0.05, 0) is 18.8 Å². The SMILES string of the molecule is C=CCN(CC=C)[C@H]1CCC[C@H]1CC#N. The lowest BCUT2D eigenvalue weighted by molar-refractivity contribution is 0.196. The fraction of sp³-hybridized carbons (Fsp3) is 0.615. The second-order valence-corrected chi connectivity index (χ2v) is 4.15. The molecule has 0 spiro atoms. The lowest BCUT2D eigenvalue weighted by Crippen LogP contribution is -2.38. The van der Waals surface area contributed by atoms with Crippen LogP contribution >= 0.6 is 0 Å². The molecule has 0 aliphatic heterocycles. The Bertz CT molecular complexity index is 242. The molecule has 0 bridgehead atoms. The zero-order valence-corrected chi connectivity index (χ0v) is 9.36. The molecule has 1 aliphatic carbocycles. The van der Waals surface area contributed by atoms with Crippen LogP contribution in [0.3, 0.4) is 0 Å². The van der Waals surface area contributed by atoms with E-state index in [2.05, 4.69) is 24.1 Å². The van der Waals surface area contributed by atoms with Crippen molar-refractivity contribution in [3.8, 4) is 6.07 Å². The highest BCUT2D eigenvalue weighted by Crippen LogP contribution is 2.32. The Balaban J connectivity index is 2.60. The van der Waals surface area contributed by atoms with Gasteiger partial charge in [0.25, 0.3) is 0 Å². The molecular formula is C13H20N2. The quantitative estimate of drug-likeness (QED) is 0.622. The largest absolute Gasteiger partial charge is 0.293 e. The van der Waals surface area contributed by atoms with Gasteiger partial charge in [-0.3, -0.25) is 4.90 Å². The number of hydrogen-bond donors (Lipinski definition) is 0. The second kappa shape index (κ2) is 6.42. The van der Waals surface area contributed by atoms with Crippen molar-refractivity contribution in [3.63, 3.8) is 0 Å². The fourth-order valence-electron chi connectivity index (χ4n) is 2.53. The van der Waals surface area contributed by atoms with Crippen molar-refractivity contribution < 1.29 is 0 Å². The van der Waals surface area contributed by atoms with Gasteiger partial charge in [0.2, 0.25) is 0 Å². The molecule has 0 saturated heterocycles. The Kier molecular flexibility index (Phi) is 5.14. The Morgan fingerprint density at radius 3 is 2.47 bits per heavy atom. The molecule has 0 N–H and O–H groups in total. The lowest BCUT2D eigenvalue weighted by Gasteiger charge is -2.30. The van der Waals surface area contributed by atoms with Gasteiger partial charge in [0.15, 0.2) is 0 Å². The molecule has 0 unspecified atom stereocenters. The summed E-state index contributed by atoms with van der Waals surface area (Å²) in [5.74, 6) is 0.551. The topological polar surface area (TPSA) is 27.0 Å². The fourth-order valence-corrected chi connectivity index (χ4v) is 2.53.